The molecule has 0 aromatic heterocycles. The minimum Gasteiger partial charge on any atom is -0.481 e. The SMILES string of the molecule is CCCCCC(O)O.CCCCCCCCCCCCCCCCCCCC(=O)O.CCCCCCCCCCCCCCCCCCCC(=O)O. The molecule has 0 spiro atoms. The average molecular weight is 743 g/mol. The monoisotopic (exact) mass is 743 g/mol. The van der Waals surface area contributed by atoms with Gasteiger partial charge in [-0.15, -0.1) is 0 Å². The van der Waals surface area contributed by atoms with E-state index >= 15 is 0 Å². The van der Waals surface area contributed by atoms with Crippen molar-refractivity contribution in [2.75, 3.05) is 0 Å². The van der Waals surface area contributed by atoms with Crippen molar-refractivity contribution in [1.29, 1.82) is 0 Å². The lowest BCUT2D eigenvalue weighted by molar-refractivity contribution is -0.138. The normalized spacial score (nSPS) is 10.9. The van der Waals surface area contributed by atoms with Crippen molar-refractivity contribution in [3.8, 4) is 0 Å². The molecule has 0 atom stereocenters. The number of carboxylic acid groups (broad SMARTS) is 2. The van der Waals surface area contributed by atoms with E-state index in [9.17, 15) is 9.59 Å². The zero-order valence-electron chi connectivity index (χ0n) is 35.5. The van der Waals surface area contributed by atoms with Crippen molar-refractivity contribution >= 4 is 11.9 Å². The first kappa shape index (κ1) is 55.2. The third-order valence-corrected chi connectivity index (χ3v) is 10.1. The molecule has 0 aliphatic heterocycles. The third kappa shape index (κ3) is 63.9. The van der Waals surface area contributed by atoms with E-state index in [4.69, 9.17) is 20.4 Å². The van der Waals surface area contributed by atoms with Gasteiger partial charge in [0.25, 0.3) is 0 Å². The number of rotatable bonds is 40. The Hall–Kier alpha value is -1.14. The molecule has 0 aromatic carbocycles. The molecule has 0 bridgehead atoms. The molecule has 0 fully saturated rings. The predicted octanol–water partition coefficient (Wildman–Crippen LogP) is 15.1. The smallest absolute Gasteiger partial charge is 0.303 e. The summed E-state index contributed by atoms with van der Waals surface area (Å²) >= 11 is 0. The van der Waals surface area contributed by atoms with E-state index in [-0.39, 0.29) is 0 Å². The highest BCUT2D eigenvalue weighted by Crippen LogP contribution is 2.16. The van der Waals surface area contributed by atoms with Gasteiger partial charge in [-0.3, -0.25) is 9.59 Å². The number of unbranched alkanes of at least 4 members (excludes halogenated alkanes) is 34. The van der Waals surface area contributed by atoms with Gasteiger partial charge >= 0.3 is 11.9 Å². The van der Waals surface area contributed by atoms with Crippen LogP contribution in [0.5, 0.6) is 0 Å². The second-order valence-corrected chi connectivity index (χ2v) is 15.6. The molecule has 0 heterocycles. The number of aliphatic hydroxyl groups excluding tert-OH is 1. The molecule has 6 heteroatoms. The van der Waals surface area contributed by atoms with Crippen LogP contribution in [0, 0.1) is 0 Å². The first-order valence-electron chi connectivity index (χ1n) is 23.1. The summed E-state index contributed by atoms with van der Waals surface area (Å²) in [6, 6.07) is 0. The number of hydrogen-bond donors (Lipinski definition) is 4. The summed E-state index contributed by atoms with van der Waals surface area (Å²) in [7, 11) is 0. The number of carboxylic acids is 2. The third-order valence-electron chi connectivity index (χ3n) is 10.1. The largest absolute Gasteiger partial charge is 0.481 e. The number of hydrogen-bond acceptors (Lipinski definition) is 4. The van der Waals surface area contributed by atoms with Crippen molar-refractivity contribution < 1.29 is 30.0 Å². The van der Waals surface area contributed by atoms with Gasteiger partial charge in [-0.1, -0.05) is 239 Å². The molecule has 0 amide bonds. The van der Waals surface area contributed by atoms with Gasteiger partial charge in [0, 0.05) is 12.8 Å². The summed E-state index contributed by atoms with van der Waals surface area (Å²) in [5.74, 6) is -1.30. The van der Waals surface area contributed by atoms with Crippen LogP contribution in [-0.4, -0.2) is 38.7 Å². The number of carbonyl (C=O) groups is 2. The first-order chi connectivity index (χ1) is 25.3. The highest BCUT2D eigenvalue weighted by molar-refractivity contribution is 5.66. The summed E-state index contributed by atoms with van der Waals surface area (Å²) in [6.07, 6.45) is 48.9. The molecular weight excluding hydrogens is 649 g/mol. The standard InChI is InChI=1S/2C20H40O2.C6H14O2/c2*1-2-3-4-5-6-7-8-9-10-11-12-13-14-15-16-17-18-19-20(21)22;1-2-3-4-5-6(7)8/h2*2-19H2,1H3,(H,21,22);6-8H,2-5H2,1H3. The van der Waals surface area contributed by atoms with Crippen LogP contribution < -0.4 is 0 Å². The molecule has 6 nitrogen and oxygen atoms in total. The van der Waals surface area contributed by atoms with E-state index in [1.165, 1.54) is 193 Å². The second-order valence-electron chi connectivity index (χ2n) is 15.6. The van der Waals surface area contributed by atoms with Crippen molar-refractivity contribution in [3.63, 3.8) is 0 Å². The van der Waals surface area contributed by atoms with Crippen molar-refractivity contribution in [3.05, 3.63) is 0 Å². The molecular formula is C46H94O6. The first-order valence-corrected chi connectivity index (χ1v) is 23.1. The minimum absolute atomic E-state index is 0.346. The molecule has 0 saturated heterocycles. The van der Waals surface area contributed by atoms with Crippen LogP contribution in [0.25, 0.3) is 0 Å². The van der Waals surface area contributed by atoms with Crippen LogP contribution in [0.3, 0.4) is 0 Å². The Morgan fingerprint density at radius 2 is 0.481 bits per heavy atom. The van der Waals surface area contributed by atoms with Crippen LogP contribution >= 0.6 is 0 Å². The molecule has 314 valence electrons. The Balaban J connectivity index is -0.000000764. The maximum absolute atomic E-state index is 10.4. The zero-order chi connectivity index (χ0) is 39.0. The molecule has 0 saturated carbocycles. The van der Waals surface area contributed by atoms with E-state index in [0.717, 1.165) is 44.9 Å². The second kappa shape index (κ2) is 52.0. The van der Waals surface area contributed by atoms with Crippen molar-refractivity contribution in [1.82, 2.24) is 0 Å². The van der Waals surface area contributed by atoms with E-state index in [1.54, 1.807) is 0 Å². The van der Waals surface area contributed by atoms with Gasteiger partial charge in [-0.2, -0.15) is 0 Å². The zero-order valence-corrected chi connectivity index (χ0v) is 35.5. The molecule has 0 aliphatic carbocycles. The molecule has 52 heavy (non-hydrogen) atoms. The van der Waals surface area contributed by atoms with E-state index in [1.807, 2.05) is 0 Å². The Labute approximate surface area is 325 Å². The van der Waals surface area contributed by atoms with Gasteiger partial charge in [-0.25, -0.2) is 0 Å². The predicted molar refractivity (Wildman–Crippen MR) is 225 cm³/mol. The topological polar surface area (TPSA) is 115 Å². The van der Waals surface area contributed by atoms with Gasteiger partial charge in [0.15, 0.2) is 6.29 Å². The van der Waals surface area contributed by atoms with Crippen LogP contribution in [-0.2, 0) is 9.59 Å². The van der Waals surface area contributed by atoms with Gasteiger partial charge in [-0.05, 0) is 25.7 Å². The van der Waals surface area contributed by atoms with Gasteiger partial charge < -0.3 is 20.4 Å². The lowest BCUT2D eigenvalue weighted by Gasteiger charge is -2.03. The van der Waals surface area contributed by atoms with Crippen LogP contribution in [0.4, 0.5) is 0 Å². The lowest BCUT2D eigenvalue weighted by atomic mass is 10.0. The Morgan fingerprint density at radius 3 is 0.654 bits per heavy atom. The quantitative estimate of drug-likeness (QED) is 0.0367. The summed E-state index contributed by atoms with van der Waals surface area (Å²) in [5, 5.41) is 33.7. The maximum Gasteiger partial charge on any atom is 0.303 e. The van der Waals surface area contributed by atoms with E-state index < -0.39 is 18.2 Å². The van der Waals surface area contributed by atoms with Crippen LogP contribution in [0.2, 0.25) is 0 Å². The maximum atomic E-state index is 10.4. The van der Waals surface area contributed by atoms with Gasteiger partial charge in [0.2, 0.25) is 0 Å². The summed E-state index contributed by atoms with van der Waals surface area (Å²) in [6.45, 7) is 6.64. The Kier molecular flexibility index (Phi) is 55.2. The average Bonchev–Trinajstić information content (AvgIpc) is 3.11. The molecule has 4 N–H and O–H groups in total. The molecule has 0 radical (unpaired) electrons. The Morgan fingerprint density at radius 1 is 0.308 bits per heavy atom. The van der Waals surface area contributed by atoms with E-state index in [2.05, 4.69) is 20.8 Å². The number of aliphatic carboxylic acids is 2. The van der Waals surface area contributed by atoms with Crippen LogP contribution in [0.15, 0.2) is 0 Å². The number of aliphatic hydroxyl groups is 2. The van der Waals surface area contributed by atoms with Crippen molar-refractivity contribution in [2.24, 2.45) is 0 Å². The minimum atomic E-state index is -1.10. The summed E-state index contributed by atoms with van der Waals surface area (Å²) in [4.78, 5) is 20.7. The molecule has 0 unspecified atom stereocenters. The summed E-state index contributed by atoms with van der Waals surface area (Å²) in [5.41, 5.74) is 0. The summed E-state index contributed by atoms with van der Waals surface area (Å²) < 4.78 is 0. The highest BCUT2D eigenvalue weighted by Gasteiger charge is 1.99. The molecule has 0 aromatic rings. The Bertz CT molecular complexity index is 605. The van der Waals surface area contributed by atoms with Crippen molar-refractivity contribution in [2.45, 2.75) is 284 Å². The molecule has 0 aliphatic rings. The fourth-order valence-corrected chi connectivity index (χ4v) is 6.58. The van der Waals surface area contributed by atoms with Crippen LogP contribution in [0.1, 0.15) is 278 Å². The van der Waals surface area contributed by atoms with E-state index in [0.29, 0.717) is 19.3 Å². The highest BCUT2D eigenvalue weighted by atomic mass is 16.5. The van der Waals surface area contributed by atoms with Gasteiger partial charge in [0.05, 0.1) is 0 Å². The lowest BCUT2D eigenvalue weighted by Crippen LogP contribution is -2.02. The molecule has 0 rings (SSSR count). The fraction of sp³-hybridized carbons (Fsp3) is 0.957. The van der Waals surface area contributed by atoms with Gasteiger partial charge in [0.1, 0.15) is 0 Å². The fourth-order valence-electron chi connectivity index (χ4n) is 6.58.